The van der Waals surface area contributed by atoms with Crippen LogP contribution < -0.4 is 0 Å². The number of hydrogen-bond donors (Lipinski definition) is 0. The quantitative estimate of drug-likeness (QED) is 0.676. The maximum atomic E-state index is 4.93. The first kappa shape index (κ1) is 16.4. The van der Waals surface area contributed by atoms with Gasteiger partial charge in [-0.2, -0.15) is 5.10 Å². The van der Waals surface area contributed by atoms with Gasteiger partial charge in [0.25, 0.3) is 0 Å². The molecule has 3 heterocycles. The van der Waals surface area contributed by atoms with E-state index >= 15 is 0 Å². The van der Waals surface area contributed by atoms with Gasteiger partial charge in [0.05, 0.1) is 12.2 Å². The fourth-order valence-electron chi connectivity index (χ4n) is 3.58. The fraction of sp³-hybridized carbons (Fsp3) is 0.524. The van der Waals surface area contributed by atoms with Gasteiger partial charge >= 0.3 is 0 Å². The first-order valence-corrected chi connectivity index (χ1v) is 9.48. The lowest BCUT2D eigenvalue weighted by molar-refractivity contribution is 0.553. The molecule has 25 heavy (non-hydrogen) atoms. The van der Waals surface area contributed by atoms with Gasteiger partial charge in [-0.05, 0) is 42.4 Å². The van der Waals surface area contributed by atoms with E-state index in [2.05, 4.69) is 63.1 Å². The minimum atomic E-state index is 0.00216. The third kappa shape index (κ3) is 3.22. The Balaban J connectivity index is 1.76. The molecule has 132 valence electrons. The van der Waals surface area contributed by atoms with Crippen molar-refractivity contribution in [3.05, 3.63) is 53.2 Å². The Hall–Kier alpha value is -2.10. The SMILES string of the molecule is CCCc1ccn(Cc2c(C(C)(C)C)nn3cc(C4CC4)cnc23)c1. The molecule has 0 radical (unpaired) electrons. The average Bonchev–Trinajstić information content (AvgIpc) is 3.22. The molecular weight excluding hydrogens is 308 g/mol. The van der Waals surface area contributed by atoms with Gasteiger partial charge in [-0.1, -0.05) is 34.1 Å². The van der Waals surface area contributed by atoms with Gasteiger partial charge in [-0.3, -0.25) is 0 Å². The van der Waals surface area contributed by atoms with Crippen molar-refractivity contribution in [1.82, 2.24) is 19.2 Å². The van der Waals surface area contributed by atoms with Crippen molar-refractivity contribution in [3.8, 4) is 0 Å². The third-order valence-corrected chi connectivity index (χ3v) is 5.04. The molecule has 0 N–H and O–H groups in total. The van der Waals surface area contributed by atoms with E-state index in [0.717, 1.165) is 24.3 Å². The predicted molar refractivity (Wildman–Crippen MR) is 101 cm³/mol. The Bertz CT molecular complexity index is 890. The van der Waals surface area contributed by atoms with E-state index in [0.29, 0.717) is 5.92 Å². The molecule has 3 aromatic heterocycles. The summed E-state index contributed by atoms with van der Waals surface area (Å²) in [5, 5.41) is 4.93. The van der Waals surface area contributed by atoms with Gasteiger partial charge in [-0.15, -0.1) is 0 Å². The molecule has 0 aliphatic heterocycles. The van der Waals surface area contributed by atoms with E-state index in [4.69, 9.17) is 10.1 Å². The van der Waals surface area contributed by atoms with Crippen LogP contribution in [0.5, 0.6) is 0 Å². The maximum Gasteiger partial charge on any atom is 0.160 e. The summed E-state index contributed by atoms with van der Waals surface area (Å²) in [5.41, 5.74) is 6.13. The highest BCUT2D eigenvalue weighted by Crippen LogP contribution is 2.40. The normalized spacial score (nSPS) is 15.2. The third-order valence-electron chi connectivity index (χ3n) is 5.04. The molecule has 4 heteroatoms. The Morgan fingerprint density at radius 2 is 2.00 bits per heavy atom. The van der Waals surface area contributed by atoms with Crippen molar-refractivity contribution < 1.29 is 0 Å². The van der Waals surface area contributed by atoms with Crippen LogP contribution >= 0.6 is 0 Å². The minimum absolute atomic E-state index is 0.00216. The van der Waals surface area contributed by atoms with Crippen LogP contribution in [0.3, 0.4) is 0 Å². The Labute approximate surface area is 149 Å². The number of hydrogen-bond acceptors (Lipinski definition) is 2. The summed E-state index contributed by atoms with van der Waals surface area (Å²) >= 11 is 0. The van der Waals surface area contributed by atoms with Gasteiger partial charge in [0.1, 0.15) is 0 Å². The molecule has 0 unspecified atom stereocenters. The lowest BCUT2D eigenvalue weighted by atomic mass is 9.89. The second-order valence-electron chi connectivity index (χ2n) is 8.45. The Kier molecular flexibility index (Phi) is 3.94. The van der Waals surface area contributed by atoms with Crippen LogP contribution in [-0.2, 0) is 18.4 Å². The van der Waals surface area contributed by atoms with E-state index in [-0.39, 0.29) is 5.41 Å². The molecule has 0 bridgehead atoms. The fourth-order valence-corrected chi connectivity index (χ4v) is 3.58. The zero-order valence-corrected chi connectivity index (χ0v) is 15.8. The van der Waals surface area contributed by atoms with Gasteiger partial charge in [-0.25, -0.2) is 9.50 Å². The van der Waals surface area contributed by atoms with E-state index in [9.17, 15) is 0 Å². The molecule has 3 aromatic rings. The standard InChI is InChI=1S/C21H28N4/c1-5-6-15-9-10-24(12-15)14-18-19(21(2,3)4)23-25-13-17(16-7-8-16)11-22-20(18)25/h9-13,16H,5-8,14H2,1-4H3. The van der Waals surface area contributed by atoms with E-state index < -0.39 is 0 Å². The van der Waals surface area contributed by atoms with Crippen LogP contribution in [0, 0.1) is 0 Å². The van der Waals surface area contributed by atoms with E-state index in [1.165, 1.54) is 36.0 Å². The highest BCUT2D eigenvalue weighted by molar-refractivity contribution is 5.52. The molecule has 0 saturated heterocycles. The molecule has 0 spiro atoms. The van der Waals surface area contributed by atoms with Gasteiger partial charge in [0.2, 0.25) is 0 Å². The highest BCUT2D eigenvalue weighted by Gasteiger charge is 2.28. The zero-order valence-electron chi connectivity index (χ0n) is 15.8. The summed E-state index contributed by atoms with van der Waals surface area (Å²) in [6.45, 7) is 9.76. The molecule has 1 aliphatic rings. The van der Waals surface area contributed by atoms with E-state index in [1.54, 1.807) is 0 Å². The zero-order chi connectivity index (χ0) is 17.6. The minimum Gasteiger partial charge on any atom is -0.349 e. The van der Waals surface area contributed by atoms with E-state index in [1.807, 2.05) is 4.52 Å². The number of nitrogens with zero attached hydrogens (tertiary/aromatic N) is 4. The summed E-state index contributed by atoms with van der Waals surface area (Å²) in [4.78, 5) is 4.80. The van der Waals surface area contributed by atoms with Crippen molar-refractivity contribution in [2.75, 3.05) is 0 Å². The second-order valence-corrected chi connectivity index (χ2v) is 8.45. The average molecular weight is 336 g/mol. The monoisotopic (exact) mass is 336 g/mol. The number of rotatable bonds is 5. The van der Waals surface area contributed by atoms with Crippen molar-refractivity contribution >= 4 is 5.65 Å². The topological polar surface area (TPSA) is 35.1 Å². The molecule has 1 fully saturated rings. The first-order valence-electron chi connectivity index (χ1n) is 9.48. The number of aryl methyl sites for hydroxylation is 1. The van der Waals surface area contributed by atoms with Crippen molar-refractivity contribution in [1.29, 1.82) is 0 Å². The lowest BCUT2D eigenvalue weighted by Crippen LogP contribution is -2.15. The lowest BCUT2D eigenvalue weighted by Gasteiger charge is -2.17. The summed E-state index contributed by atoms with van der Waals surface area (Å²) in [7, 11) is 0. The maximum absolute atomic E-state index is 4.93. The first-order chi connectivity index (χ1) is 12.0. The van der Waals surface area contributed by atoms with Gasteiger partial charge < -0.3 is 4.57 Å². The molecule has 4 nitrogen and oxygen atoms in total. The van der Waals surface area contributed by atoms with Crippen LogP contribution in [0.2, 0.25) is 0 Å². The molecule has 0 amide bonds. The largest absolute Gasteiger partial charge is 0.349 e. The molecule has 4 rings (SSSR count). The molecule has 1 saturated carbocycles. The smallest absolute Gasteiger partial charge is 0.160 e. The Morgan fingerprint density at radius 3 is 2.68 bits per heavy atom. The highest BCUT2D eigenvalue weighted by atomic mass is 15.3. The van der Waals surface area contributed by atoms with Crippen LogP contribution in [-0.4, -0.2) is 19.2 Å². The van der Waals surface area contributed by atoms with Gasteiger partial charge in [0, 0.05) is 35.8 Å². The molecular formula is C21H28N4. The van der Waals surface area contributed by atoms with Crippen molar-refractivity contribution in [3.63, 3.8) is 0 Å². The number of fused-ring (bicyclic) bond motifs is 1. The summed E-state index contributed by atoms with van der Waals surface area (Å²) < 4.78 is 4.29. The van der Waals surface area contributed by atoms with Crippen LogP contribution in [0.15, 0.2) is 30.9 Å². The van der Waals surface area contributed by atoms with Crippen molar-refractivity contribution in [2.45, 2.75) is 71.3 Å². The summed E-state index contributed by atoms with van der Waals surface area (Å²) in [5.74, 6) is 0.698. The van der Waals surface area contributed by atoms with Crippen LogP contribution in [0.4, 0.5) is 0 Å². The van der Waals surface area contributed by atoms with Crippen molar-refractivity contribution in [2.24, 2.45) is 0 Å². The molecule has 0 aromatic carbocycles. The summed E-state index contributed by atoms with van der Waals surface area (Å²) in [6.07, 6.45) is 13.6. The summed E-state index contributed by atoms with van der Waals surface area (Å²) in [6, 6.07) is 2.23. The predicted octanol–water partition coefficient (Wildman–Crippen LogP) is 4.71. The molecule has 0 atom stereocenters. The Morgan fingerprint density at radius 1 is 1.20 bits per heavy atom. The molecule has 1 aliphatic carbocycles. The van der Waals surface area contributed by atoms with Crippen LogP contribution in [0.1, 0.15) is 75.3 Å². The number of aromatic nitrogens is 4. The second kappa shape index (κ2) is 6.01. The van der Waals surface area contributed by atoms with Gasteiger partial charge in [0.15, 0.2) is 5.65 Å². The van der Waals surface area contributed by atoms with Crippen LogP contribution in [0.25, 0.3) is 5.65 Å².